The standard InChI is InChI=1S/C38H46N4O5S/c1-37(2,3)42-34(44)28-18-12-10-17-27(28)23-32(43)30(22-25-14-8-7-9-15-25)40-35(45)31(41-36(46)47-38(4,5)6)24-48-33-21-20-26-16-11-13-19-29(26)39-33/h7-21,30-32,43H,22-24H2,1-6H3,(H,40,45)(H,41,46)(H,42,44)/t30-,31+,32+/m0/s1. The first-order chi connectivity index (χ1) is 22.7. The molecule has 0 saturated carbocycles. The number of ether oxygens (including phenoxy) is 1. The summed E-state index contributed by atoms with van der Waals surface area (Å²) < 4.78 is 5.48. The highest BCUT2D eigenvalue weighted by Crippen LogP contribution is 2.22. The number of benzene rings is 3. The lowest BCUT2D eigenvalue weighted by molar-refractivity contribution is -0.124. The minimum atomic E-state index is -1.06. The van der Waals surface area contributed by atoms with Gasteiger partial charge >= 0.3 is 6.09 Å². The van der Waals surface area contributed by atoms with Crippen molar-refractivity contribution in [3.8, 4) is 0 Å². The van der Waals surface area contributed by atoms with E-state index < -0.39 is 41.3 Å². The largest absolute Gasteiger partial charge is 0.444 e. The summed E-state index contributed by atoms with van der Waals surface area (Å²) in [7, 11) is 0. The molecule has 0 saturated heterocycles. The molecule has 0 spiro atoms. The number of thioether (sulfide) groups is 1. The molecule has 254 valence electrons. The monoisotopic (exact) mass is 670 g/mol. The van der Waals surface area contributed by atoms with E-state index in [4.69, 9.17) is 9.72 Å². The molecule has 1 aromatic heterocycles. The quantitative estimate of drug-likeness (QED) is 0.135. The van der Waals surface area contributed by atoms with E-state index >= 15 is 0 Å². The molecule has 3 atom stereocenters. The minimum Gasteiger partial charge on any atom is -0.444 e. The summed E-state index contributed by atoms with van der Waals surface area (Å²) in [5.41, 5.74) is 1.64. The zero-order valence-corrected chi connectivity index (χ0v) is 29.3. The van der Waals surface area contributed by atoms with Gasteiger partial charge in [0.15, 0.2) is 0 Å². The fraction of sp³-hybridized carbons (Fsp3) is 0.368. The Morgan fingerprint density at radius 1 is 0.812 bits per heavy atom. The van der Waals surface area contributed by atoms with Crippen LogP contribution in [-0.2, 0) is 22.4 Å². The second kappa shape index (κ2) is 16.1. The van der Waals surface area contributed by atoms with Crippen LogP contribution in [0.1, 0.15) is 63.0 Å². The summed E-state index contributed by atoms with van der Waals surface area (Å²) in [6.07, 6.45) is -1.35. The number of carbonyl (C=O) groups excluding carboxylic acids is 3. The average molecular weight is 671 g/mol. The molecule has 3 amide bonds. The van der Waals surface area contributed by atoms with Crippen LogP contribution in [0.3, 0.4) is 0 Å². The number of carbonyl (C=O) groups is 3. The van der Waals surface area contributed by atoms with Crippen LogP contribution in [0.25, 0.3) is 10.9 Å². The maximum Gasteiger partial charge on any atom is 0.408 e. The zero-order chi connectivity index (χ0) is 34.9. The fourth-order valence-corrected chi connectivity index (χ4v) is 5.96. The van der Waals surface area contributed by atoms with E-state index in [0.717, 1.165) is 16.5 Å². The van der Waals surface area contributed by atoms with Crippen molar-refractivity contribution in [3.05, 3.63) is 108 Å². The van der Waals surface area contributed by atoms with Crippen molar-refractivity contribution in [2.24, 2.45) is 0 Å². The molecule has 0 radical (unpaired) electrons. The van der Waals surface area contributed by atoms with E-state index in [1.54, 1.807) is 32.9 Å². The number of para-hydroxylation sites is 1. The van der Waals surface area contributed by atoms with Crippen LogP contribution < -0.4 is 16.0 Å². The van der Waals surface area contributed by atoms with Gasteiger partial charge < -0.3 is 25.8 Å². The summed E-state index contributed by atoms with van der Waals surface area (Å²) in [6, 6.07) is 26.5. The first-order valence-corrected chi connectivity index (χ1v) is 17.1. The molecular formula is C38H46N4O5S. The van der Waals surface area contributed by atoms with Gasteiger partial charge in [-0.15, -0.1) is 11.8 Å². The van der Waals surface area contributed by atoms with Gasteiger partial charge in [0, 0.05) is 28.7 Å². The molecule has 0 aliphatic rings. The molecule has 4 rings (SSSR count). The fourth-order valence-electron chi connectivity index (χ4n) is 5.06. The summed E-state index contributed by atoms with van der Waals surface area (Å²) >= 11 is 1.33. The number of amides is 3. The Morgan fingerprint density at radius 2 is 1.48 bits per heavy atom. The van der Waals surface area contributed by atoms with Gasteiger partial charge in [-0.1, -0.05) is 72.8 Å². The molecule has 9 nitrogen and oxygen atoms in total. The number of aliphatic hydroxyl groups excluding tert-OH is 1. The highest BCUT2D eigenvalue weighted by Gasteiger charge is 2.30. The summed E-state index contributed by atoms with van der Waals surface area (Å²) in [4.78, 5) is 44.7. The molecule has 10 heteroatoms. The Kier molecular flexibility index (Phi) is 12.2. The number of alkyl carbamates (subject to hydrolysis) is 1. The number of nitrogens with one attached hydrogen (secondary N) is 3. The van der Waals surface area contributed by atoms with Crippen LogP contribution in [0.15, 0.2) is 96.0 Å². The lowest BCUT2D eigenvalue weighted by atomic mass is 9.93. The lowest BCUT2D eigenvalue weighted by Gasteiger charge is -2.28. The maximum atomic E-state index is 14.0. The number of hydrogen-bond donors (Lipinski definition) is 4. The first kappa shape index (κ1) is 36.4. The first-order valence-electron chi connectivity index (χ1n) is 16.1. The molecule has 48 heavy (non-hydrogen) atoms. The molecule has 0 fully saturated rings. The third-order valence-corrected chi connectivity index (χ3v) is 8.27. The van der Waals surface area contributed by atoms with E-state index in [9.17, 15) is 19.5 Å². The summed E-state index contributed by atoms with van der Waals surface area (Å²) in [6.45, 7) is 11.0. The molecular weight excluding hydrogens is 625 g/mol. The Morgan fingerprint density at radius 3 is 2.19 bits per heavy atom. The van der Waals surface area contributed by atoms with Crippen LogP contribution >= 0.6 is 11.8 Å². The normalized spacial score (nSPS) is 13.6. The van der Waals surface area contributed by atoms with E-state index in [1.807, 2.05) is 99.6 Å². The van der Waals surface area contributed by atoms with Crippen LogP contribution in [-0.4, -0.2) is 63.1 Å². The van der Waals surface area contributed by atoms with Gasteiger partial charge in [0.05, 0.1) is 22.7 Å². The van der Waals surface area contributed by atoms with Crippen molar-refractivity contribution < 1.29 is 24.2 Å². The molecule has 0 aliphatic heterocycles. The molecule has 0 unspecified atom stereocenters. The van der Waals surface area contributed by atoms with Crippen LogP contribution in [0.2, 0.25) is 0 Å². The van der Waals surface area contributed by atoms with Crippen molar-refractivity contribution in [1.29, 1.82) is 0 Å². The molecule has 3 aromatic carbocycles. The van der Waals surface area contributed by atoms with Crippen molar-refractivity contribution in [3.63, 3.8) is 0 Å². The Labute approximate surface area is 287 Å². The third-order valence-electron chi connectivity index (χ3n) is 7.25. The molecule has 0 aliphatic carbocycles. The van der Waals surface area contributed by atoms with Crippen molar-refractivity contribution in [2.75, 3.05) is 5.75 Å². The molecule has 4 aromatic rings. The van der Waals surface area contributed by atoms with Crippen molar-refractivity contribution >= 4 is 40.6 Å². The zero-order valence-electron chi connectivity index (χ0n) is 28.4. The second-order valence-corrected chi connectivity index (χ2v) is 14.8. The number of fused-ring (bicyclic) bond motifs is 1. The number of aromatic nitrogens is 1. The van der Waals surface area contributed by atoms with Gasteiger partial charge in [0.25, 0.3) is 5.91 Å². The Hall–Kier alpha value is -4.41. The molecule has 1 heterocycles. The van der Waals surface area contributed by atoms with Gasteiger partial charge in [0.1, 0.15) is 11.6 Å². The average Bonchev–Trinajstić information content (AvgIpc) is 3.01. The highest BCUT2D eigenvalue weighted by molar-refractivity contribution is 7.99. The topological polar surface area (TPSA) is 130 Å². The number of aliphatic hydroxyl groups is 1. The summed E-state index contributed by atoms with van der Waals surface area (Å²) in [5.74, 6) is -0.553. The Balaban J connectivity index is 1.57. The van der Waals surface area contributed by atoms with Crippen molar-refractivity contribution in [2.45, 2.75) is 88.7 Å². The maximum absolute atomic E-state index is 14.0. The van der Waals surface area contributed by atoms with E-state index in [0.29, 0.717) is 22.6 Å². The van der Waals surface area contributed by atoms with Gasteiger partial charge in [-0.25, -0.2) is 9.78 Å². The number of hydrogen-bond acceptors (Lipinski definition) is 7. The van der Waals surface area contributed by atoms with E-state index in [2.05, 4.69) is 16.0 Å². The number of pyridine rings is 1. The highest BCUT2D eigenvalue weighted by atomic mass is 32.2. The number of nitrogens with zero attached hydrogens (tertiary/aromatic N) is 1. The third kappa shape index (κ3) is 11.4. The predicted octanol–water partition coefficient (Wildman–Crippen LogP) is 6.08. The van der Waals surface area contributed by atoms with E-state index in [1.165, 1.54) is 11.8 Å². The smallest absolute Gasteiger partial charge is 0.408 e. The number of rotatable bonds is 12. The van der Waals surface area contributed by atoms with Crippen LogP contribution in [0, 0.1) is 0 Å². The van der Waals surface area contributed by atoms with Gasteiger partial charge in [0.2, 0.25) is 5.91 Å². The van der Waals surface area contributed by atoms with Crippen LogP contribution in [0.5, 0.6) is 0 Å². The second-order valence-electron chi connectivity index (χ2n) is 13.8. The lowest BCUT2D eigenvalue weighted by Crippen LogP contribution is -2.55. The minimum absolute atomic E-state index is 0.117. The van der Waals surface area contributed by atoms with Gasteiger partial charge in [-0.2, -0.15) is 0 Å². The Bertz CT molecular complexity index is 1700. The molecule has 0 bridgehead atoms. The van der Waals surface area contributed by atoms with Gasteiger partial charge in [-0.3, -0.25) is 9.59 Å². The molecule has 4 N–H and O–H groups in total. The predicted molar refractivity (Wildman–Crippen MR) is 191 cm³/mol. The van der Waals surface area contributed by atoms with Crippen molar-refractivity contribution in [1.82, 2.24) is 20.9 Å². The van der Waals surface area contributed by atoms with Crippen LogP contribution in [0.4, 0.5) is 4.79 Å². The van der Waals surface area contributed by atoms with E-state index in [-0.39, 0.29) is 18.1 Å². The summed E-state index contributed by atoms with van der Waals surface area (Å²) in [5, 5.41) is 22.1. The SMILES string of the molecule is CC(C)(C)NC(=O)c1ccccc1C[C@@H](O)[C@H](Cc1ccccc1)NC(=O)[C@@H](CSc1ccc2ccccc2n1)NC(=O)OC(C)(C)C. The van der Waals surface area contributed by atoms with Gasteiger partial charge in [-0.05, 0) is 77.3 Å².